The van der Waals surface area contributed by atoms with Gasteiger partial charge in [0.25, 0.3) is 0 Å². The van der Waals surface area contributed by atoms with Crippen LogP contribution >= 0.6 is 0 Å². The molecule has 5 nitrogen and oxygen atoms in total. The number of hydrogen-bond donors (Lipinski definition) is 3. The molecule has 29 heavy (non-hydrogen) atoms. The van der Waals surface area contributed by atoms with Crippen LogP contribution in [0.1, 0.15) is 61.3 Å². The Morgan fingerprint density at radius 1 is 1.24 bits per heavy atom. The standard InChI is InChI=1S/C24H30N2O3/c1-24(2)12-4-5-18-7-6-16(13-21(18)24)15-29-19-10-8-17(9-11-19)20(14-22(27)28)23(25)26-3/h6-11,13,20H,4-5,12,14-15H2,1-3H3,(H2,25,26)(H,27,28)/t20-/m0/s1. The highest BCUT2D eigenvalue weighted by Gasteiger charge is 2.27. The van der Waals surface area contributed by atoms with Gasteiger partial charge in [0.05, 0.1) is 12.3 Å². The molecule has 154 valence electrons. The maximum atomic E-state index is 11.1. The molecule has 0 amide bonds. The molecule has 1 atom stereocenters. The molecule has 0 saturated heterocycles. The summed E-state index contributed by atoms with van der Waals surface area (Å²) in [5.74, 6) is -0.492. The molecular weight excluding hydrogens is 364 g/mol. The van der Waals surface area contributed by atoms with Crippen LogP contribution in [-0.4, -0.2) is 24.0 Å². The van der Waals surface area contributed by atoms with Crippen molar-refractivity contribution in [1.29, 1.82) is 5.41 Å². The van der Waals surface area contributed by atoms with E-state index in [2.05, 4.69) is 37.4 Å². The number of carboxylic acid groups (broad SMARTS) is 1. The van der Waals surface area contributed by atoms with E-state index < -0.39 is 11.9 Å². The number of fused-ring (bicyclic) bond motifs is 1. The molecule has 0 heterocycles. The summed E-state index contributed by atoms with van der Waals surface area (Å²) >= 11 is 0. The van der Waals surface area contributed by atoms with Crippen molar-refractivity contribution in [3.8, 4) is 5.75 Å². The van der Waals surface area contributed by atoms with Crippen molar-refractivity contribution in [1.82, 2.24) is 5.32 Å². The van der Waals surface area contributed by atoms with Crippen molar-refractivity contribution in [2.24, 2.45) is 0 Å². The lowest BCUT2D eigenvalue weighted by Crippen LogP contribution is -2.26. The summed E-state index contributed by atoms with van der Waals surface area (Å²) in [5, 5.41) is 19.9. The molecule has 1 aliphatic rings. The summed E-state index contributed by atoms with van der Waals surface area (Å²) in [4.78, 5) is 11.1. The van der Waals surface area contributed by atoms with Crippen LogP contribution in [0.3, 0.4) is 0 Å². The summed E-state index contributed by atoms with van der Waals surface area (Å²) in [6.45, 7) is 5.11. The number of rotatable bonds is 7. The fourth-order valence-electron chi connectivity index (χ4n) is 4.12. The highest BCUT2D eigenvalue weighted by molar-refractivity contribution is 5.89. The Balaban J connectivity index is 1.69. The van der Waals surface area contributed by atoms with Crippen LogP contribution in [0, 0.1) is 5.41 Å². The van der Waals surface area contributed by atoms with Gasteiger partial charge in [0.15, 0.2) is 0 Å². The summed E-state index contributed by atoms with van der Waals surface area (Å²) < 4.78 is 5.97. The maximum absolute atomic E-state index is 11.1. The Bertz CT molecular complexity index is 887. The quantitative estimate of drug-likeness (QED) is 0.472. The molecule has 0 aliphatic heterocycles. The van der Waals surface area contributed by atoms with Crippen molar-refractivity contribution in [3.63, 3.8) is 0 Å². The Kier molecular flexibility index (Phi) is 6.26. The van der Waals surface area contributed by atoms with Gasteiger partial charge in [-0.15, -0.1) is 0 Å². The van der Waals surface area contributed by atoms with E-state index in [9.17, 15) is 4.79 Å². The zero-order chi connectivity index (χ0) is 21.0. The van der Waals surface area contributed by atoms with Crippen LogP contribution in [0.2, 0.25) is 0 Å². The van der Waals surface area contributed by atoms with Gasteiger partial charge in [0.2, 0.25) is 0 Å². The summed E-state index contributed by atoms with van der Waals surface area (Å²) in [6, 6.07) is 14.0. The largest absolute Gasteiger partial charge is 0.489 e. The zero-order valence-corrected chi connectivity index (χ0v) is 17.4. The van der Waals surface area contributed by atoms with Gasteiger partial charge in [0.1, 0.15) is 18.2 Å². The number of hydrogen-bond acceptors (Lipinski definition) is 3. The average Bonchev–Trinajstić information content (AvgIpc) is 2.70. The molecule has 3 N–H and O–H groups in total. The van der Waals surface area contributed by atoms with Crippen LogP contribution in [-0.2, 0) is 23.2 Å². The van der Waals surface area contributed by atoms with E-state index in [1.165, 1.54) is 24.0 Å². The van der Waals surface area contributed by atoms with Crippen molar-refractivity contribution in [2.75, 3.05) is 7.05 Å². The van der Waals surface area contributed by atoms with E-state index >= 15 is 0 Å². The second-order valence-electron chi connectivity index (χ2n) is 8.40. The van der Waals surface area contributed by atoms with E-state index in [1.54, 1.807) is 7.05 Å². The van der Waals surface area contributed by atoms with Crippen molar-refractivity contribution in [3.05, 3.63) is 64.7 Å². The number of aliphatic carboxylic acids is 1. The minimum Gasteiger partial charge on any atom is -0.489 e. The minimum atomic E-state index is -0.925. The number of likely N-dealkylation sites (N-methyl/N-ethyl adjacent to an activating group) is 1. The fourth-order valence-corrected chi connectivity index (χ4v) is 4.12. The maximum Gasteiger partial charge on any atom is 0.304 e. The Labute approximate surface area is 172 Å². The van der Waals surface area contributed by atoms with Crippen molar-refractivity contribution < 1.29 is 14.6 Å². The molecule has 0 spiro atoms. The van der Waals surface area contributed by atoms with E-state index in [0.29, 0.717) is 6.61 Å². The second-order valence-corrected chi connectivity index (χ2v) is 8.40. The third-order valence-electron chi connectivity index (χ3n) is 5.84. The van der Waals surface area contributed by atoms with Crippen LogP contribution in [0.25, 0.3) is 0 Å². The molecule has 0 saturated carbocycles. The van der Waals surface area contributed by atoms with E-state index in [4.69, 9.17) is 15.3 Å². The van der Waals surface area contributed by atoms with Gasteiger partial charge in [0, 0.05) is 7.05 Å². The summed E-state index contributed by atoms with van der Waals surface area (Å²) in [5.41, 5.74) is 5.04. The molecule has 2 aromatic carbocycles. The zero-order valence-electron chi connectivity index (χ0n) is 17.4. The predicted octanol–water partition coefficient (Wildman–Crippen LogP) is 4.63. The normalized spacial score (nSPS) is 15.8. The molecule has 1 aliphatic carbocycles. The Morgan fingerprint density at radius 2 is 1.97 bits per heavy atom. The SMILES string of the molecule is CNC(=N)[C@@H](CC(=O)O)c1ccc(OCc2ccc3c(c2)C(C)(C)CCC3)cc1. The first-order chi connectivity index (χ1) is 13.8. The Morgan fingerprint density at radius 3 is 2.62 bits per heavy atom. The third-order valence-corrected chi connectivity index (χ3v) is 5.84. The number of benzene rings is 2. The van der Waals surface area contributed by atoms with Crippen LogP contribution in [0.5, 0.6) is 5.75 Å². The second kappa shape index (κ2) is 8.68. The molecule has 0 aromatic heterocycles. The van der Waals surface area contributed by atoms with Crippen LogP contribution < -0.4 is 10.1 Å². The topological polar surface area (TPSA) is 82.4 Å². The molecule has 3 rings (SSSR count). The van der Waals surface area contributed by atoms with Gasteiger partial charge in [-0.25, -0.2) is 0 Å². The van der Waals surface area contributed by atoms with Crippen LogP contribution in [0.15, 0.2) is 42.5 Å². The van der Waals surface area contributed by atoms with Gasteiger partial charge in [-0.05, 0) is 59.1 Å². The highest BCUT2D eigenvalue weighted by atomic mass is 16.5. The molecule has 0 fully saturated rings. The number of carboxylic acids is 1. The molecule has 0 radical (unpaired) electrons. The molecule has 0 unspecified atom stereocenters. The van der Waals surface area contributed by atoms with Crippen LogP contribution in [0.4, 0.5) is 0 Å². The first-order valence-electron chi connectivity index (χ1n) is 10.1. The summed E-state index contributed by atoms with van der Waals surface area (Å²) in [6.07, 6.45) is 3.49. The number of nitrogens with one attached hydrogen (secondary N) is 2. The average molecular weight is 395 g/mol. The Hall–Kier alpha value is -2.82. The number of ether oxygens (including phenoxy) is 1. The van der Waals surface area contributed by atoms with Crippen molar-refractivity contribution in [2.45, 2.75) is 57.5 Å². The lowest BCUT2D eigenvalue weighted by molar-refractivity contribution is -0.137. The number of aryl methyl sites for hydroxylation is 1. The first kappa shape index (κ1) is 20.9. The molecule has 5 heteroatoms. The van der Waals surface area contributed by atoms with Gasteiger partial charge < -0.3 is 15.2 Å². The van der Waals surface area contributed by atoms with Crippen molar-refractivity contribution >= 4 is 11.8 Å². The fraction of sp³-hybridized carbons (Fsp3) is 0.417. The van der Waals surface area contributed by atoms with E-state index in [1.807, 2.05) is 24.3 Å². The van der Waals surface area contributed by atoms with Gasteiger partial charge >= 0.3 is 5.97 Å². The number of carbonyl (C=O) groups is 1. The smallest absolute Gasteiger partial charge is 0.304 e. The third kappa shape index (κ3) is 4.97. The molecule has 2 aromatic rings. The van der Waals surface area contributed by atoms with E-state index in [0.717, 1.165) is 23.3 Å². The summed E-state index contributed by atoms with van der Waals surface area (Å²) in [7, 11) is 1.63. The number of amidine groups is 1. The van der Waals surface area contributed by atoms with Gasteiger partial charge in [-0.3, -0.25) is 10.2 Å². The molecule has 0 bridgehead atoms. The minimum absolute atomic E-state index is 0.120. The lowest BCUT2D eigenvalue weighted by Gasteiger charge is -2.33. The van der Waals surface area contributed by atoms with E-state index in [-0.39, 0.29) is 17.7 Å². The first-order valence-corrected chi connectivity index (χ1v) is 10.1. The lowest BCUT2D eigenvalue weighted by atomic mass is 9.72. The van der Waals surface area contributed by atoms with Gasteiger partial charge in [-0.2, -0.15) is 0 Å². The predicted molar refractivity (Wildman–Crippen MR) is 115 cm³/mol. The highest BCUT2D eigenvalue weighted by Crippen LogP contribution is 2.37. The monoisotopic (exact) mass is 394 g/mol. The van der Waals surface area contributed by atoms with Gasteiger partial charge in [-0.1, -0.05) is 44.2 Å². The molecular formula is C24H30N2O3.